The van der Waals surface area contributed by atoms with Crippen LogP contribution in [0.4, 0.5) is 0 Å². The van der Waals surface area contributed by atoms with E-state index >= 15 is 0 Å². The van der Waals surface area contributed by atoms with Gasteiger partial charge in [0.2, 0.25) is 0 Å². The first-order valence-electron chi connectivity index (χ1n) is 7.68. The second kappa shape index (κ2) is 5.54. The van der Waals surface area contributed by atoms with Crippen molar-refractivity contribution < 1.29 is 0 Å². The van der Waals surface area contributed by atoms with Gasteiger partial charge in [-0.3, -0.25) is 4.68 Å². The molecule has 1 saturated carbocycles. The van der Waals surface area contributed by atoms with Crippen LogP contribution in [0.3, 0.4) is 0 Å². The van der Waals surface area contributed by atoms with Crippen LogP contribution in [-0.4, -0.2) is 20.8 Å². The molecule has 1 aliphatic carbocycles. The van der Waals surface area contributed by atoms with Gasteiger partial charge in [-0.2, -0.15) is 5.10 Å². The summed E-state index contributed by atoms with van der Waals surface area (Å²) in [4.78, 5) is 4.88. The SMILES string of the molecule is Cc1nn(C)c(C)c1C(NC1CC1)c1nc(C(C)C)cs1. The monoisotopic (exact) mass is 304 g/mol. The van der Waals surface area contributed by atoms with Crippen molar-refractivity contribution in [3.8, 4) is 0 Å². The van der Waals surface area contributed by atoms with E-state index in [2.05, 4.69) is 43.5 Å². The van der Waals surface area contributed by atoms with Crippen LogP contribution >= 0.6 is 11.3 Å². The molecule has 1 unspecified atom stereocenters. The van der Waals surface area contributed by atoms with Crippen LogP contribution in [0.5, 0.6) is 0 Å². The molecule has 2 aromatic heterocycles. The average Bonchev–Trinajstić information content (AvgIpc) is 3.03. The molecule has 1 N–H and O–H groups in total. The summed E-state index contributed by atoms with van der Waals surface area (Å²) in [5, 5.41) is 11.7. The number of aryl methyl sites for hydroxylation is 2. The van der Waals surface area contributed by atoms with Gasteiger partial charge in [0.25, 0.3) is 0 Å². The van der Waals surface area contributed by atoms with Gasteiger partial charge in [-0.05, 0) is 32.6 Å². The zero-order valence-electron chi connectivity index (χ0n) is 13.5. The Labute approximate surface area is 130 Å². The van der Waals surface area contributed by atoms with Gasteiger partial charge < -0.3 is 5.32 Å². The third-order valence-corrected chi connectivity index (χ3v) is 5.14. The third kappa shape index (κ3) is 2.90. The van der Waals surface area contributed by atoms with Gasteiger partial charge in [0.1, 0.15) is 5.01 Å². The molecule has 5 heteroatoms. The van der Waals surface area contributed by atoms with Crippen molar-refractivity contribution in [2.45, 2.75) is 58.5 Å². The molecule has 1 atom stereocenters. The number of nitrogens with zero attached hydrogens (tertiary/aromatic N) is 3. The Morgan fingerprint density at radius 3 is 2.52 bits per heavy atom. The molecule has 0 radical (unpaired) electrons. The second-order valence-electron chi connectivity index (χ2n) is 6.35. The highest BCUT2D eigenvalue weighted by atomic mass is 32.1. The van der Waals surface area contributed by atoms with Crippen molar-refractivity contribution in [1.82, 2.24) is 20.1 Å². The summed E-state index contributed by atoms with van der Waals surface area (Å²) in [6.07, 6.45) is 2.55. The molecule has 0 bridgehead atoms. The Kier molecular flexibility index (Phi) is 3.88. The molecule has 3 rings (SSSR count). The van der Waals surface area contributed by atoms with Crippen molar-refractivity contribution >= 4 is 11.3 Å². The molecule has 0 aromatic carbocycles. The van der Waals surface area contributed by atoms with E-state index < -0.39 is 0 Å². The minimum absolute atomic E-state index is 0.184. The van der Waals surface area contributed by atoms with Crippen LogP contribution in [0.25, 0.3) is 0 Å². The van der Waals surface area contributed by atoms with Gasteiger partial charge in [0.15, 0.2) is 0 Å². The smallest absolute Gasteiger partial charge is 0.115 e. The normalized spacial score (nSPS) is 16.7. The Morgan fingerprint density at radius 1 is 1.33 bits per heavy atom. The summed E-state index contributed by atoms with van der Waals surface area (Å²) in [5.74, 6) is 0.479. The van der Waals surface area contributed by atoms with E-state index in [1.807, 2.05) is 11.7 Å². The maximum absolute atomic E-state index is 4.88. The van der Waals surface area contributed by atoms with Crippen LogP contribution in [0.1, 0.15) is 66.3 Å². The maximum atomic E-state index is 4.88. The lowest BCUT2D eigenvalue weighted by molar-refractivity contribution is 0.589. The minimum atomic E-state index is 0.184. The van der Waals surface area contributed by atoms with E-state index in [4.69, 9.17) is 4.98 Å². The van der Waals surface area contributed by atoms with Crippen LogP contribution < -0.4 is 5.32 Å². The molecule has 114 valence electrons. The van der Waals surface area contributed by atoms with E-state index in [0.29, 0.717) is 12.0 Å². The number of hydrogen-bond acceptors (Lipinski definition) is 4. The van der Waals surface area contributed by atoms with Crippen LogP contribution in [0.15, 0.2) is 5.38 Å². The highest BCUT2D eigenvalue weighted by molar-refractivity contribution is 7.09. The molecule has 2 heterocycles. The second-order valence-corrected chi connectivity index (χ2v) is 7.24. The number of rotatable bonds is 5. The maximum Gasteiger partial charge on any atom is 0.115 e. The van der Waals surface area contributed by atoms with Gasteiger partial charge in [-0.25, -0.2) is 4.98 Å². The van der Waals surface area contributed by atoms with Crippen LogP contribution in [0.2, 0.25) is 0 Å². The quantitative estimate of drug-likeness (QED) is 0.920. The molecule has 1 aliphatic rings. The lowest BCUT2D eigenvalue weighted by Crippen LogP contribution is -2.25. The average molecular weight is 304 g/mol. The van der Waals surface area contributed by atoms with E-state index in [0.717, 1.165) is 5.69 Å². The fourth-order valence-corrected chi connectivity index (χ4v) is 3.72. The molecular formula is C16H24N4S. The topological polar surface area (TPSA) is 42.7 Å². The van der Waals surface area contributed by atoms with Crippen molar-refractivity contribution in [2.75, 3.05) is 0 Å². The zero-order valence-corrected chi connectivity index (χ0v) is 14.3. The first-order valence-corrected chi connectivity index (χ1v) is 8.56. The fraction of sp³-hybridized carbons (Fsp3) is 0.625. The van der Waals surface area contributed by atoms with Crippen molar-refractivity contribution in [3.63, 3.8) is 0 Å². The number of thiazole rings is 1. The summed E-state index contributed by atoms with van der Waals surface area (Å²) in [6.45, 7) is 8.64. The van der Waals surface area contributed by atoms with Crippen LogP contribution in [0, 0.1) is 13.8 Å². The Hall–Kier alpha value is -1.20. The van der Waals surface area contributed by atoms with Gasteiger partial charge in [-0.1, -0.05) is 13.8 Å². The highest BCUT2D eigenvalue weighted by Crippen LogP contribution is 2.34. The summed E-state index contributed by atoms with van der Waals surface area (Å²) >= 11 is 1.77. The molecule has 4 nitrogen and oxygen atoms in total. The third-order valence-electron chi connectivity index (χ3n) is 4.21. The summed E-state index contributed by atoms with van der Waals surface area (Å²) in [7, 11) is 2.02. The molecule has 2 aromatic rings. The van der Waals surface area contributed by atoms with Gasteiger partial charge in [0, 0.05) is 29.7 Å². The molecule has 21 heavy (non-hydrogen) atoms. The number of aromatic nitrogens is 3. The summed E-state index contributed by atoms with van der Waals surface area (Å²) in [6, 6.07) is 0.823. The lowest BCUT2D eigenvalue weighted by atomic mass is 10.0. The molecule has 0 aliphatic heterocycles. The van der Waals surface area contributed by atoms with Crippen LogP contribution in [-0.2, 0) is 7.05 Å². The zero-order chi connectivity index (χ0) is 15.1. The van der Waals surface area contributed by atoms with E-state index in [1.54, 1.807) is 11.3 Å². The van der Waals surface area contributed by atoms with Gasteiger partial charge in [0.05, 0.1) is 17.4 Å². The van der Waals surface area contributed by atoms with Crippen molar-refractivity contribution in [3.05, 3.63) is 33.0 Å². The molecular weight excluding hydrogens is 280 g/mol. The van der Waals surface area contributed by atoms with E-state index in [-0.39, 0.29) is 6.04 Å². The Morgan fingerprint density at radius 2 is 2.05 bits per heavy atom. The van der Waals surface area contributed by atoms with E-state index in [1.165, 1.54) is 34.8 Å². The fourth-order valence-electron chi connectivity index (χ4n) is 2.67. The van der Waals surface area contributed by atoms with Crippen molar-refractivity contribution in [2.24, 2.45) is 7.05 Å². The summed E-state index contributed by atoms with van der Waals surface area (Å²) < 4.78 is 1.98. The Bertz CT molecular complexity index is 637. The van der Waals surface area contributed by atoms with Gasteiger partial charge >= 0.3 is 0 Å². The number of nitrogens with one attached hydrogen (secondary N) is 1. The first-order chi connectivity index (χ1) is 9.97. The van der Waals surface area contributed by atoms with Crippen molar-refractivity contribution in [1.29, 1.82) is 0 Å². The number of hydrogen-bond donors (Lipinski definition) is 1. The minimum Gasteiger partial charge on any atom is -0.301 e. The standard InChI is InChI=1S/C16H24N4S/c1-9(2)13-8-21-16(18-13)15(17-12-6-7-12)14-10(3)19-20(5)11(14)4/h8-9,12,15,17H,6-7H2,1-5H3. The molecule has 0 spiro atoms. The predicted octanol–water partition coefficient (Wildman–Crippen LogP) is 3.46. The summed E-state index contributed by atoms with van der Waals surface area (Å²) in [5.41, 5.74) is 4.83. The first kappa shape index (κ1) is 14.7. The predicted molar refractivity (Wildman–Crippen MR) is 86.9 cm³/mol. The molecule has 0 amide bonds. The molecule has 1 fully saturated rings. The van der Waals surface area contributed by atoms with Gasteiger partial charge in [-0.15, -0.1) is 11.3 Å². The molecule has 0 saturated heterocycles. The Balaban J connectivity index is 2.00. The highest BCUT2D eigenvalue weighted by Gasteiger charge is 2.31. The lowest BCUT2D eigenvalue weighted by Gasteiger charge is -2.17. The van der Waals surface area contributed by atoms with E-state index in [9.17, 15) is 0 Å². The largest absolute Gasteiger partial charge is 0.301 e.